The first-order chi connectivity index (χ1) is 22.1. The molecule has 0 radical (unpaired) electrons. The van der Waals surface area contributed by atoms with Crippen molar-refractivity contribution in [2.75, 3.05) is 0 Å². The fourth-order valence-electron chi connectivity index (χ4n) is 8.18. The normalized spacial score (nSPS) is 13.7. The van der Waals surface area contributed by atoms with E-state index < -0.39 is 0 Å². The molecular weight excluding hydrogens is 544 g/mol. The van der Waals surface area contributed by atoms with Crippen LogP contribution in [0.4, 0.5) is 0 Å². The lowest BCUT2D eigenvalue weighted by Crippen LogP contribution is -2.15. The number of H-pyrrole nitrogens is 1. The van der Waals surface area contributed by atoms with Crippen molar-refractivity contribution in [2.45, 2.75) is 19.3 Å². The third-order valence-electron chi connectivity index (χ3n) is 10.3. The molecule has 0 saturated carbocycles. The van der Waals surface area contributed by atoms with Gasteiger partial charge in [0.05, 0.1) is 11.0 Å². The van der Waals surface area contributed by atoms with Crippen LogP contribution in [-0.4, -0.2) is 9.55 Å². The van der Waals surface area contributed by atoms with Gasteiger partial charge in [0.15, 0.2) is 0 Å². The minimum Gasteiger partial charge on any atom is -0.355 e. The van der Waals surface area contributed by atoms with Crippen molar-refractivity contribution in [3.63, 3.8) is 0 Å². The predicted octanol–water partition coefficient (Wildman–Crippen LogP) is 11.5. The zero-order valence-corrected chi connectivity index (χ0v) is 25.2. The van der Waals surface area contributed by atoms with Gasteiger partial charge in [0.25, 0.3) is 0 Å². The molecule has 10 rings (SSSR count). The van der Waals surface area contributed by atoms with Crippen LogP contribution in [0.5, 0.6) is 0 Å². The summed E-state index contributed by atoms with van der Waals surface area (Å²) in [5.41, 5.74) is 14.0. The Hall–Kier alpha value is -5.60. The van der Waals surface area contributed by atoms with Crippen molar-refractivity contribution in [1.82, 2.24) is 9.55 Å². The van der Waals surface area contributed by atoms with Gasteiger partial charge in [0.2, 0.25) is 0 Å². The molecule has 0 atom stereocenters. The van der Waals surface area contributed by atoms with Crippen molar-refractivity contribution >= 4 is 54.4 Å². The maximum atomic E-state index is 3.60. The van der Waals surface area contributed by atoms with Gasteiger partial charge in [-0.25, -0.2) is 0 Å². The van der Waals surface area contributed by atoms with E-state index in [1.54, 1.807) is 0 Å². The van der Waals surface area contributed by atoms with Crippen molar-refractivity contribution in [3.05, 3.63) is 151 Å². The van der Waals surface area contributed by atoms with E-state index in [2.05, 4.69) is 163 Å². The number of fused-ring (bicyclic) bond motifs is 11. The standard InChI is InChI=1S/C43H30N2/c1-43(2)37-16-8-5-12-29(37)30-21-20-27(24-38(30)43)45-41-18-10-7-14-32(41)36-25-34(28-11-3-4-15-33(28)42(36)45)26-19-22-40-35(23-26)31-13-6-9-17-39(31)44-40/h3-25,44H,1-2H3. The highest BCUT2D eigenvalue weighted by Crippen LogP contribution is 2.50. The maximum absolute atomic E-state index is 3.60. The number of nitrogens with zero attached hydrogens (tertiary/aromatic N) is 1. The van der Waals surface area contributed by atoms with Crippen molar-refractivity contribution < 1.29 is 0 Å². The molecule has 212 valence electrons. The van der Waals surface area contributed by atoms with Gasteiger partial charge in [0, 0.05) is 49.1 Å². The molecule has 1 N–H and O–H groups in total. The Labute approximate surface area is 261 Å². The number of hydrogen-bond donors (Lipinski definition) is 1. The van der Waals surface area contributed by atoms with E-state index in [1.165, 1.54) is 93.5 Å². The molecule has 0 aliphatic heterocycles. The van der Waals surface area contributed by atoms with Gasteiger partial charge in [0.1, 0.15) is 0 Å². The Morgan fingerprint density at radius 3 is 2.04 bits per heavy atom. The van der Waals surface area contributed by atoms with Gasteiger partial charge < -0.3 is 9.55 Å². The SMILES string of the molecule is CC1(C)c2ccccc2-c2ccc(-n3c4ccccc4c4cc(-c5ccc6[nH]c7ccccc7c6c5)c5ccccc5c43)cc21. The Kier molecular flexibility index (Phi) is 4.82. The van der Waals surface area contributed by atoms with Crippen molar-refractivity contribution in [2.24, 2.45) is 0 Å². The molecule has 1 aliphatic rings. The summed E-state index contributed by atoms with van der Waals surface area (Å²) >= 11 is 0. The molecule has 1 aliphatic carbocycles. The third-order valence-corrected chi connectivity index (χ3v) is 10.3. The molecule has 2 heteroatoms. The maximum Gasteiger partial charge on any atom is 0.0619 e. The van der Waals surface area contributed by atoms with Crippen molar-refractivity contribution in [3.8, 4) is 27.9 Å². The van der Waals surface area contributed by atoms with E-state index in [0.717, 1.165) is 0 Å². The van der Waals surface area contributed by atoms with Crippen LogP contribution >= 0.6 is 0 Å². The highest BCUT2D eigenvalue weighted by Gasteiger charge is 2.35. The molecule has 2 nitrogen and oxygen atoms in total. The van der Waals surface area contributed by atoms with Crippen LogP contribution in [0.15, 0.2) is 140 Å². The fourth-order valence-corrected chi connectivity index (χ4v) is 8.18. The number of hydrogen-bond acceptors (Lipinski definition) is 0. The predicted molar refractivity (Wildman–Crippen MR) is 191 cm³/mol. The Balaban J connectivity index is 1.27. The van der Waals surface area contributed by atoms with Crippen LogP contribution in [-0.2, 0) is 5.41 Å². The van der Waals surface area contributed by atoms with E-state index in [9.17, 15) is 0 Å². The molecule has 0 amide bonds. The molecule has 0 spiro atoms. The Morgan fingerprint density at radius 2 is 1.16 bits per heavy atom. The van der Waals surface area contributed by atoms with Gasteiger partial charge in [-0.2, -0.15) is 0 Å². The van der Waals surface area contributed by atoms with E-state index in [0.29, 0.717) is 0 Å². The van der Waals surface area contributed by atoms with Gasteiger partial charge in [-0.05, 0) is 81.2 Å². The molecule has 2 aromatic heterocycles. The lowest BCUT2D eigenvalue weighted by Gasteiger charge is -2.22. The number of nitrogens with one attached hydrogen (secondary N) is 1. The smallest absolute Gasteiger partial charge is 0.0619 e. The minimum atomic E-state index is -0.0586. The summed E-state index contributed by atoms with van der Waals surface area (Å²) in [5.74, 6) is 0. The number of rotatable bonds is 2. The summed E-state index contributed by atoms with van der Waals surface area (Å²) in [5, 5.41) is 7.61. The first-order valence-corrected chi connectivity index (χ1v) is 15.8. The van der Waals surface area contributed by atoms with E-state index >= 15 is 0 Å². The molecule has 9 aromatic rings. The average Bonchev–Trinajstić information content (AvgIpc) is 3.70. The van der Waals surface area contributed by atoms with Gasteiger partial charge in [-0.15, -0.1) is 0 Å². The molecule has 2 heterocycles. The fraction of sp³-hybridized carbons (Fsp3) is 0.0698. The molecule has 7 aromatic carbocycles. The molecule has 0 bridgehead atoms. The van der Waals surface area contributed by atoms with E-state index in [-0.39, 0.29) is 5.41 Å². The van der Waals surface area contributed by atoms with Gasteiger partial charge >= 0.3 is 0 Å². The summed E-state index contributed by atoms with van der Waals surface area (Å²) < 4.78 is 2.50. The van der Waals surface area contributed by atoms with Gasteiger partial charge in [-0.1, -0.05) is 111 Å². The molecule has 0 unspecified atom stereocenters. The van der Waals surface area contributed by atoms with Crippen molar-refractivity contribution in [1.29, 1.82) is 0 Å². The zero-order chi connectivity index (χ0) is 29.9. The monoisotopic (exact) mass is 574 g/mol. The highest BCUT2D eigenvalue weighted by molar-refractivity contribution is 6.22. The zero-order valence-electron chi connectivity index (χ0n) is 25.2. The van der Waals surface area contributed by atoms with E-state index in [1.807, 2.05) is 0 Å². The van der Waals surface area contributed by atoms with Crippen LogP contribution in [0.2, 0.25) is 0 Å². The summed E-state index contributed by atoms with van der Waals surface area (Å²) in [6.07, 6.45) is 0. The molecule has 0 saturated heterocycles. The van der Waals surface area contributed by atoms with Crippen LogP contribution in [0.1, 0.15) is 25.0 Å². The van der Waals surface area contributed by atoms with Gasteiger partial charge in [-0.3, -0.25) is 0 Å². The second kappa shape index (κ2) is 8.74. The second-order valence-electron chi connectivity index (χ2n) is 13.0. The minimum absolute atomic E-state index is 0.0586. The lowest BCUT2D eigenvalue weighted by molar-refractivity contribution is 0.660. The number of benzene rings is 7. The topological polar surface area (TPSA) is 20.7 Å². The van der Waals surface area contributed by atoms with Crippen LogP contribution < -0.4 is 0 Å². The Morgan fingerprint density at radius 1 is 0.467 bits per heavy atom. The largest absolute Gasteiger partial charge is 0.355 e. The third kappa shape index (κ3) is 3.29. The van der Waals surface area contributed by atoms with Crippen LogP contribution in [0.25, 0.3) is 82.3 Å². The summed E-state index contributed by atoms with van der Waals surface area (Å²) in [6.45, 7) is 4.72. The molecular formula is C43H30N2. The summed E-state index contributed by atoms with van der Waals surface area (Å²) in [6, 6.07) is 51.7. The molecule has 45 heavy (non-hydrogen) atoms. The van der Waals surface area contributed by atoms with Crippen LogP contribution in [0, 0.1) is 0 Å². The number of para-hydroxylation sites is 2. The first kappa shape index (κ1) is 24.8. The number of aromatic nitrogens is 2. The summed E-state index contributed by atoms with van der Waals surface area (Å²) in [4.78, 5) is 3.60. The first-order valence-electron chi connectivity index (χ1n) is 15.8. The highest BCUT2D eigenvalue weighted by atomic mass is 15.0. The lowest BCUT2D eigenvalue weighted by atomic mass is 9.82. The number of aromatic amines is 1. The quantitative estimate of drug-likeness (QED) is 0.212. The summed E-state index contributed by atoms with van der Waals surface area (Å²) in [7, 11) is 0. The second-order valence-corrected chi connectivity index (χ2v) is 13.0. The van der Waals surface area contributed by atoms with E-state index in [4.69, 9.17) is 0 Å². The average molecular weight is 575 g/mol. The Bertz CT molecular complexity index is 2680. The molecule has 0 fully saturated rings. The van der Waals surface area contributed by atoms with Crippen LogP contribution in [0.3, 0.4) is 0 Å².